The molecule has 0 aromatic carbocycles. The maximum Gasteiger partial charge on any atom is 0.0673 e. The van der Waals surface area contributed by atoms with Gasteiger partial charge in [0, 0.05) is 38.3 Å². The minimum Gasteiger partial charge on any atom is -0.385 e. The topological polar surface area (TPSA) is 30.5 Å². The highest BCUT2D eigenvalue weighted by Crippen LogP contribution is 2.49. The number of nitrogens with one attached hydrogen (secondary N) is 1. The number of hydrogen-bond donors (Lipinski definition) is 1. The molecule has 17 heavy (non-hydrogen) atoms. The SMILES string of the molecule is COCCC1(CNC(C)C)CCOC1C1CC1. The van der Waals surface area contributed by atoms with E-state index in [1.165, 1.54) is 19.3 Å². The molecule has 1 N–H and O–H groups in total. The van der Waals surface area contributed by atoms with Crippen molar-refractivity contribution in [1.82, 2.24) is 5.32 Å². The van der Waals surface area contributed by atoms with Gasteiger partial charge in [-0.05, 0) is 31.6 Å². The molecule has 3 nitrogen and oxygen atoms in total. The van der Waals surface area contributed by atoms with Crippen molar-refractivity contribution >= 4 is 0 Å². The van der Waals surface area contributed by atoms with Crippen LogP contribution in [-0.4, -0.2) is 39.0 Å². The van der Waals surface area contributed by atoms with Gasteiger partial charge in [0.2, 0.25) is 0 Å². The second kappa shape index (κ2) is 5.68. The lowest BCUT2D eigenvalue weighted by atomic mass is 9.76. The Morgan fingerprint density at radius 3 is 2.76 bits per heavy atom. The fourth-order valence-corrected chi connectivity index (χ4v) is 3.00. The van der Waals surface area contributed by atoms with Crippen molar-refractivity contribution in [3.8, 4) is 0 Å². The summed E-state index contributed by atoms with van der Waals surface area (Å²) in [6.07, 6.45) is 5.52. The normalized spacial score (nSPS) is 33.5. The van der Waals surface area contributed by atoms with E-state index >= 15 is 0 Å². The van der Waals surface area contributed by atoms with Crippen molar-refractivity contribution in [3.05, 3.63) is 0 Å². The van der Waals surface area contributed by atoms with Gasteiger partial charge in [-0.15, -0.1) is 0 Å². The second-order valence-electron chi connectivity index (χ2n) is 6.02. The first kappa shape index (κ1) is 13.3. The molecule has 1 aliphatic carbocycles. The van der Waals surface area contributed by atoms with Crippen molar-refractivity contribution in [2.75, 3.05) is 26.9 Å². The van der Waals surface area contributed by atoms with Crippen molar-refractivity contribution in [2.24, 2.45) is 11.3 Å². The summed E-state index contributed by atoms with van der Waals surface area (Å²) in [4.78, 5) is 0. The first-order chi connectivity index (χ1) is 8.18. The van der Waals surface area contributed by atoms with Crippen molar-refractivity contribution < 1.29 is 9.47 Å². The predicted octanol–water partition coefficient (Wildman–Crippen LogP) is 2.21. The van der Waals surface area contributed by atoms with Crippen LogP contribution in [0, 0.1) is 11.3 Å². The Balaban J connectivity index is 1.99. The van der Waals surface area contributed by atoms with Crippen LogP contribution in [0.25, 0.3) is 0 Å². The van der Waals surface area contributed by atoms with E-state index in [2.05, 4.69) is 19.2 Å². The summed E-state index contributed by atoms with van der Waals surface area (Å²) in [6.45, 7) is 7.30. The molecule has 2 fully saturated rings. The molecule has 2 aliphatic rings. The summed E-state index contributed by atoms with van der Waals surface area (Å²) in [5, 5.41) is 3.61. The smallest absolute Gasteiger partial charge is 0.0673 e. The Morgan fingerprint density at radius 2 is 2.18 bits per heavy atom. The van der Waals surface area contributed by atoms with Gasteiger partial charge in [0.15, 0.2) is 0 Å². The maximum atomic E-state index is 6.03. The van der Waals surface area contributed by atoms with Crippen molar-refractivity contribution in [2.45, 2.75) is 51.7 Å². The van der Waals surface area contributed by atoms with Gasteiger partial charge < -0.3 is 14.8 Å². The molecule has 1 saturated heterocycles. The second-order valence-corrected chi connectivity index (χ2v) is 6.02. The first-order valence-electron chi connectivity index (χ1n) is 7.02. The average Bonchev–Trinajstić information content (AvgIpc) is 3.06. The first-order valence-corrected chi connectivity index (χ1v) is 7.02. The number of hydrogen-bond acceptors (Lipinski definition) is 3. The van der Waals surface area contributed by atoms with Crippen LogP contribution >= 0.6 is 0 Å². The quantitative estimate of drug-likeness (QED) is 0.741. The minimum atomic E-state index is 0.321. The lowest BCUT2D eigenvalue weighted by molar-refractivity contribution is 0.0135. The Labute approximate surface area is 105 Å². The van der Waals surface area contributed by atoms with Crippen molar-refractivity contribution in [1.29, 1.82) is 0 Å². The lowest BCUT2D eigenvalue weighted by Crippen LogP contribution is -2.44. The highest BCUT2D eigenvalue weighted by Gasteiger charge is 2.50. The standard InChI is InChI=1S/C14H27NO2/c1-11(2)15-10-14(6-8-16-3)7-9-17-13(14)12-4-5-12/h11-13,15H,4-10H2,1-3H3. The van der Waals surface area contributed by atoms with E-state index in [9.17, 15) is 0 Å². The predicted molar refractivity (Wildman–Crippen MR) is 69.1 cm³/mol. The molecule has 3 heteroatoms. The molecule has 1 heterocycles. The zero-order valence-corrected chi connectivity index (χ0v) is 11.5. The Bertz CT molecular complexity index is 240. The zero-order chi connectivity index (χ0) is 12.3. The minimum absolute atomic E-state index is 0.321. The fourth-order valence-electron chi connectivity index (χ4n) is 3.00. The van der Waals surface area contributed by atoms with Crippen LogP contribution in [0.1, 0.15) is 39.5 Å². The highest BCUT2D eigenvalue weighted by atomic mass is 16.5. The Hall–Kier alpha value is -0.120. The molecule has 0 aromatic heterocycles. The zero-order valence-electron chi connectivity index (χ0n) is 11.5. The summed E-state index contributed by atoms with van der Waals surface area (Å²) < 4.78 is 11.3. The number of rotatable bonds is 7. The van der Waals surface area contributed by atoms with Crippen LogP contribution in [0.3, 0.4) is 0 Å². The molecule has 2 atom stereocenters. The van der Waals surface area contributed by atoms with E-state index in [4.69, 9.17) is 9.47 Å². The van der Waals surface area contributed by atoms with Gasteiger partial charge >= 0.3 is 0 Å². The van der Waals surface area contributed by atoms with E-state index in [-0.39, 0.29) is 0 Å². The van der Waals surface area contributed by atoms with Crippen LogP contribution in [0.15, 0.2) is 0 Å². The monoisotopic (exact) mass is 241 g/mol. The van der Waals surface area contributed by atoms with Crippen LogP contribution in [0.5, 0.6) is 0 Å². The third kappa shape index (κ3) is 3.21. The number of ether oxygens (including phenoxy) is 2. The Kier molecular flexibility index (Phi) is 4.45. The molecule has 0 spiro atoms. The van der Waals surface area contributed by atoms with Crippen molar-refractivity contribution in [3.63, 3.8) is 0 Å². The van der Waals surface area contributed by atoms with Gasteiger partial charge in [-0.2, -0.15) is 0 Å². The summed E-state index contributed by atoms with van der Waals surface area (Å²) in [7, 11) is 1.80. The molecule has 100 valence electrons. The van der Waals surface area contributed by atoms with Gasteiger partial charge in [0.1, 0.15) is 0 Å². The van der Waals surface area contributed by atoms with E-state index in [1.807, 2.05) is 0 Å². The molecule has 0 amide bonds. The largest absolute Gasteiger partial charge is 0.385 e. The van der Waals surface area contributed by atoms with Gasteiger partial charge in [-0.3, -0.25) is 0 Å². The van der Waals surface area contributed by atoms with Crippen LogP contribution < -0.4 is 5.32 Å². The fraction of sp³-hybridized carbons (Fsp3) is 1.00. The third-order valence-corrected chi connectivity index (χ3v) is 4.22. The molecule has 0 bridgehead atoms. The van der Waals surface area contributed by atoms with Gasteiger partial charge in [-0.1, -0.05) is 13.8 Å². The summed E-state index contributed by atoms with van der Waals surface area (Å²) in [6, 6.07) is 0.551. The molecule has 0 aromatic rings. The molecule has 1 aliphatic heterocycles. The lowest BCUT2D eigenvalue weighted by Gasteiger charge is -2.35. The van der Waals surface area contributed by atoms with Crippen LogP contribution in [0.2, 0.25) is 0 Å². The van der Waals surface area contributed by atoms with E-state index in [0.29, 0.717) is 17.6 Å². The average molecular weight is 241 g/mol. The van der Waals surface area contributed by atoms with Gasteiger partial charge in [-0.25, -0.2) is 0 Å². The van der Waals surface area contributed by atoms with Crippen LogP contribution in [-0.2, 0) is 9.47 Å². The summed E-state index contributed by atoms with van der Waals surface area (Å²) in [5.41, 5.74) is 0.321. The van der Waals surface area contributed by atoms with Gasteiger partial charge in [0.25, 0.3) is 0 Å². The molecule has 1 saturated carbocycles. The molecule has 2 rings (SSSR count). The summed E-state index contributed by atoms with van der Waals surface area (Å²) in [5.74, 6) is 0.823. The highest BCUT2D eigenvalue weighted by molar-refractivity contribution is 5.00. The maximum absolute atomic E-state index is 6.03. The molecule has 0 radical (unpaired) electrons. The van der Waals surface area contributed by atoms with E-state index in [1.54, 1.807) is 7.11 Å². The number of methoxy groups -OCH3 is 1. The third-order valence-electron chi connectivity index (χ3n) is 4.22. The Morgan fingerprint density at radius 1 is 1.41 bits per heavy atom. The van der Waals surface area contributed by atoms with Crippen LogP contribution in [0.4, 0.5) is 0 Å². The molecular formula is C14H27NO2. The van der Waals surface area contributed by atoms with E-state index in [0.717, 1.165) is 32.1 Å². The van der Waals surface area contributed by atoms with Gasteiger partial charge in [0.05, 0.1) is 6.10 Å². The van der Waals surface area contributed by atoms with E-state index < -0.39 is 0 Å². The molecular weight excluding hydrogens is 214 g/mol. The molecule has 2 unspecified atom stereocenters. The summed E-state index contributed by atoms with van der Waals surface area (Å²) >= 11 is 0.